The second-order valence-electron chi connectivity index (χ2n) is 14.2. The van der Waals surface area contributed by atoms with Gasteiger partial charge in [-0.1, -0.05) is 92.9 Å². The maximum atomic E-state index is 7.18. The van der Waals surface area contributed by atoms with Gasteiger partial charge >= 0.3 is 0 Å². The molecule has 1 aliphatic heterocycles. The summed E-state index contributed by atoms with van der Waals surface area (Å²) >= 11 is 0. The summed E-state index contributed by atoms with van der Waals surface area (Å²) < 4.78 is 26.6. The summed E-state index contributed by atoms with van der Waals surface area (Å²) in [6.07, 6.45) is 31.6. The van der Waals surface area contributed by atoms with Crippen LogP contribution in [0.3, 0.4) is 0 Å². The predicted molar refractivity (Wildman–Crippen MR) is 172 cm³/mol. The van der Waals surface area contributed by atoms with Crippen LogP contribution in [-0.4, -0.2) is 73.0 Å². The average molecular weight is 597 g/mol. The van der Waals surface area contributed by atoms with Gasteiger partial charge in [0.1, 0.15) is 0 Å². The van der Waals surface area contributed by atoms with Crippen molar-refractivity contribution >= 4 is 15.8 Å². The van der Waals surface area contributed by atoms with Gasteiger partial charge in [0.15, 0.2) is 0 Å². The summed E-state index contributed by atoms with van der Waals surface area (Å²) in [6.45, 7) is 4.13. The van der Waals surface area contributed by atoms with E-state index in [9.17, 15) is 0 Å². The summed E-state index contributed by atoms with van der Waals surface area (Å²) in [4.78, 5) is 0. The van der Waals surface area contributed by atoms with Gasteiger partial charge in [-0.05, 0) is 100 Å². The van der Waals surface area contributed by atoms with Crippen molar-refractivity contribution < 1.29 is 18.9 Å². The normalized spacial score (nSPS) is 36.5. The first-order valence-corrected chi connectivity index (χ1v) is 20.8. The molecule has 2 unspecified atom stereocenters. The van der Waals surface area contributed by atoms with Crippen LogP contribution in [0.1, 0.15) is 142 Å². The maximum Gasteiger partial charge on any atom is 0.220 e. The Kier molecular flexibility index (Phi) is 12.1. The number of hydrogen-bond acceptors (Lipinski definition) is 4. The molecule has 6 heteroatoms. The van der Waals surface area contributed by atoms with Crippen molar-refractivity contribution in [3.8, 4) is 0 Å². The monoisotopic (exact) mass is 596 g/mol. The number of hydrogen-bond donors (Lipinski definition) is 0. The Morgan fingerprint density at radius 3 is 0.950 bits per heavy atom. The van der Waals surface area contributed by atoms with Gasteiger partial charge in [-0.2, -0.15) is 0 Å². The van der Waals surface area contributed by atoms with Crippen molar-refractivity contribution in [1.29, 1.82) is 0 Å². The summed E-state index contributed by atoms with van der Waals surface area (Å²) in [6, 6.07) is 0. The van der Waals surface area contributed by atoms with Gasteiger partial charge in [-0.25, -0.2) is 0 Å². The minimum atomic E-state index is -0.887. The van der Waals surface area contributed by atoms with Gasteiger partial charge in [-0.3, -0.25) is 0 Å². The molecule has 0 bridgehead atoms. The van der Waals surface area contributed by atoms with Gasteiger partial charge in [-0.15, -0.1) is 0 Å². The SMILES string of the molecule is COC1(C)OC(CP(C2CCCCC2)C2CCCCC2)[C@H](CP(C2CCCCC2)C2CCCCC2)O[C@@]1(C)OC. The maximum absolute atomic E-state index is 7.18. The van der Waals surface area contributed by atoms with E-state index in [0.29, 0.717) is 0 Å². The molecule has 0 N–H and O–H groups in total. The molecule has 0 radical (unpaired) electrons. The molecule has 4 atom stereocenters. The zero-order chi connectivity index (χ0) is 28.0. The van der Waals surface area contributed by atoms with Crippen molar-refractivity contribution in [3.63, 3.8) is 0 Å². The molecule has 232 valence electrons. The van der Waals surface area contributed by atoms with E-state index >= 15 is 0 Å². The second-order valence-corrected chi connectivity index (χ2v) is 19.9. The highest BCUT2D eigenvalue weighted by Gasteiger charge is 2.57. The van der Waals surface area contributed by atoms with Crippen LogP contribution in [0.5, 0.6) is 0 Å². The van der Waals surface area contributed by atoms with E-state index in [1.807, 2.05) is 0 Å². The molecule has 1 saturated heterocycles. The van der Waals surface area contributed by atoms with E-state index in [-0.39, 0.29) is 28.1 Å². The first-order valence-electron chi connectivity index (χ1n) is 17.4. The van der Waals surface area contributed by atoms with Gasteiger partial charge in [0.2, 0.25) is 11.6 Å². The van der Waals surface area contributed by atoms with Crippen molar-refractivity contribution in [1.82, 2.24) is 0 Å². The smallest absolute Gasteiger partial charge is 0.220 e. The largest absolute Gasteiger partial charge is 0.349 e. The van der Waals surface area contributed by atoms with Gasteiger partial charge < -0.3 is 18.9 Å². The Labute approximate surface area is 249 Å². The number of rotatable bonds is 10. The van der Waals surface area contributed by atoms with E-state index in [4.69, 9.17) is 18.9 Å². The lowest BCUT2D eigenvalue weighted by molar-refractivity contribution is -0.442. The van der Waals surface area contributed by atoms with E-state index in [1.165, 1.54) is 141 Å². The highest BCUT2D eigenvalue weighted by Crippen LogP contribution is 2.60. The van der Waals surface area contributed by atoms with E-state index in [2.05, 4.69) is 13.8 Å². The Hall–Kier alpha value is 0.700. The van der Waals surface area contributed by atoms with Crippen LogP contribution in [0.4, 0.5) is 0 Å². The number of ether oxygens (including phenoxy) is 4. The van der Waals surface area contributed by atoms with Crippen molar-refractivity contribution in [3.05, 3.63) is 0 Å². The highest BCUT2D eigenvalue weighted by atomic mass is 31.1. The van der Waals surface area contributed by atoms with Crippen LogP contribution in [0.2, 0.25) is 0 Å². The summed E-state index contributed by atoms with van der Waals surface area (Å²) in [5.41, 5.74) is 3.72. The minimum absolute atomic E-state index is 0.0762. The lowest BCUT2D eigenvalue weighted by Gasteiger charge is -2.54. The zero-order valence-corrected chi connectivity index (χ0v) is 28.3. The minimum Gasteiger partial charge on any atom is -0.349 e. The molecule has 0 aromatic rings. The Balaban J connectivity index is 1.42. The highest BCUT2D eigenvalue weighted by molar-refractivity contribution is 7.59. The van der Waals surface area contributed by atoms with Gasteiger partial charge in [0.25, 0.3) is 0 Å². The van der Waals surface area contributed by atoms with E-state index < -0.39 is 11.6 Å². The third kappa shape index (κ3) is 7.49. The summed E-state index contributed by atoms with van der Waals surface area (Å²) in [7, 11) is 3.40. The third-order valence-electron chi connectivity index (χ3n) is 11.7. The quantitative estimate of drug-likeness (QED) is 0.235. The van der Waals surface area contributed by atoms with E-state index in [0.717, 1.165) is 22.6 Å². The molecule has 5 fully saturated rings. The molecule has 0 aromatic heterocycles. The Morgan fingerprint density at radius 1 is 0.475 bits per heavy atom. The fraction of sp³-hybridized carbons (Fsp3) is 1.00. The van der Waals surface area contributed by atoms with Crippen molar-refractivity contribution in [2.24, 2.45) is 0 Å². The van der Waals surface area contributed by atoms with Crippen LogP contribution in [0.25, 0.3) is 0 Å². The molecule has 0 aromatic carbocycles. The molecule has 4 saturated carbocycles. The predicted octanol–water partition coefficient (Wildman–Crippen LogP) is 9.79. The summed E-state index contributed by atoms with van der Waals surface area (Å²) in [5, 5.41) is 0. The lowest BCUT2D eigenvalue weighted by Crippen LogP contribution is -2.66. The van der Waals surface area contributed by atoms with Crippen LogP contribution >= 0.6 is 15.8 Å². The molecule has 4 nitrogen and oxygen atoms in total. The Bertz CT molecular complexity index is 646. The standard InChI is InChI=1S/C34H62O4P2/c1-33(35-3)34(2,36-4)38-32(26-40(29-21-13-7-14-22-29)30-23-15-8-16-24-30)31(37-33)25-39(27-17-9-5-10-18-27)28-19-11-6-12-20-28/h27-32H,5-26H2,1-4H3/t31-,32?,33+,34?/m0/s1. The topological polar surface area (TPSA) is 36.9 Å². The zero-order valence-electron chi connectivity index (χ0n) is 26.5. The Morgan fingerprint density at radius 2 is 0.725 bits per heavy atom. The molecule has 40 heavy (non-hydrogen) atoms. The molecule has 4 aliphatic carbocycles. The average Bonchev–Trinajstić information content (AvgIpc) is 3.02. The fourth-order valence-corrected chi connectivity index (χ4v) is 16.9. The first-order chi connectivity index (χ1) is 19.5. The van der Waals surface area contributed by atoms with E-state index in [1.54, 1.807) is 14.2 Å². The van der Waals surface area contributed by atoms with Gasteiger partial charge in [0.05, 0.1) is 12.2 Å². The fourth-order valence-electron chi connectivity index (χ4n) is 8.98. The molecule has 5 aliphatic rings. The van der Waals surface area contributed by atoms with Crippen LogP contribution in [0.15, 0.2) is 0 Å². The molecular weight excluding hydrogens is 534 g/mol. The van der Waals surface area contributed by atoms with Crippen molar-refractivity contribution in [2.75, 3.05) is 26.5 Å². The lowest BCUT2D eigenvalue weighted by atomic mass is 9.99. The number of methoxy groups -OCH3 is 2. The molecule has 5 rings (SSSR count). The van der Waals surface area contributed by atoms with Gasteiger partial charge in [0, 0.05) is 14.2 Å². The van der Waals surface area contributed by atoms with Crippen LogP contribution in [-0.2, 0) is 18.9 Å². The summed E-state index contributed by atoms with van der Waals surface area (Å²) in [5.74, 6) is -1.77. The molecule has 0 spiro atoms. The molecular formula is C34H62O4P2. The molecule has 1 heterocycles. The molecule has 0 amide bonds. The van der Waals surface area contributed by atoms with Crippen LogP contribution < -0.4 is 0 Å². The van der Waals surface area contributed by atoms with Crippen LogP contribution in [0, 0.1) is 0 Å². The van der Waals surface area contributed by atoms with Crippen molar-refractivity contribution in [2.45, 2.75) is 189 Å². The first kappa shape index (κ1) is 32.1. The third-order valence-corrected chi connectivity index (χ3v) is 19.1. The second kappa shape index (κ2) is 15.1.